The molecule has 1 N–H and O–H groups in total. The first-order valence-electron chi connectivity index (χ1n) is 15.5. The quantitative estimate of drug-likeness (QED) is 0.237. The van der Waals surface area contributed by atoms with Gasteiger partial charge in [-0.05, 0) is 63.8 Å². The molecular formula is C33H48N4O5. The van der Waals surface area contributed by atoms with Gasteiger partial charge >= 0.3 is 0 Å². The summed E-state index contributed by atoms with van der Waals surface area (Å²) in [4.78, 5) is 49.7. The summed E-state index contributed by atoms with van der Waals surface area (Å²) in [5.41, 5.74) is 0.772. The second-order valence-corrected chi connectivity index (χ2v) is 11.7. The smallest absolute Gasteiger partial charge is 0.253 e. The van der Waals surface area contributed by atoms with Crippen molar-refractivity contribution in [1.29, 1.82) is 0 Å². The average Bonchev–Trinajstić information content (AvgIpc) is 3.63. The predicted octanol–water partition coefficient (Wildman–Crippen LogP) is 3.62. The maximum atomic E-state index is 14.6. The third kappa shape index (κ3) is 5.73. The molecule has 2 bridgehead atoms. The molecule has 1 aromatic carbocycles. The first kappa shape index (κ1) is 31.8. The third-order valence-corrected chi connectivity index (χ3v) is 9.27. The molecule has 5 atom stereocenters. The van der Waals surface area contributed by atoms with Crippen LogP contribution in [0.2, 0.25) is 0 Å². The fourth-order valence-corrected chi connectivity index (χ4v) is 7.27. The minimum atomic E-state index is -1.04. The van der Waals surface area contributed by atoms with Gasteiger partial charge in [0.2, 0.25) is 11.8 Å². The number of unbranched alkanes of at least 4 members (excludes halogenated alkanes) is 3. The van der Waals surface area contributed by atoms with Crippen LogP contribution in [0.3, 0.4) is 0 Å². The van der Waals surface area contributed by atoms with Crippen molar-refractivity contribution in [2.45, 2.75) is 70.1 Å². The van der Waals surface area contributed by atoms with Gasteiger partial charge in [-0.25, -0.2) is 0 Å². The Morgan fingerprint density at radius 2 is 1.67 bits per heavy atom. The van der Waals surface area contributed by atoms with Crippen molar-refractivity contribution in [2.24, 2.45) is 11.8 Å². The van der Waals surface area contributed by atoms with Crippen LogP contribution in [0.15, 0.2) is 49.6 Å². The molecule has 1 aromatic rings. The molecule has 2 unspecified atom stereocenters. The molecule has 42 heavy (non-hydrogen) atoms. The van der Waals surface area contributed by atoms with Crippen molar-refractivity contribution >= 4 is 29.1 Å². The largest absolute Gasteiger partial charge is 0.396 e. The summed E-state index contributed by atoms with van der Waals surface area (Å²) in [6.45, 7) is 14.9. The highest BCUT2D eigenvalue weighted by molar-refractivity contribution is 6.05. The topological polar surface area (TPSA) is 93.6 Å². The Labute approximate surface area is 250 Å². The number of aliphatic hydroxyl groups is 1. The van der Waals surface area contributed by atoms with Crippen LogP contribution < -0.4 is 9.80 Å². The number of likely N-dealkylation sites (tertiary alicyclic amines) is 1. The molecule has 3 amide bonds. The van der Waals surface area contributed by atoms with Crippen LogP contribution in [0, 0.1) is 11.8 Å². The number of rotatable bonds is 16. The molecule has 3 aliphatic heterocycles. The summed E-state index contributed by atoms with van der Waals surface area (Å²) in [5, 5.41) is 9.19. The van der Waals surface area contributed by atoms with Gasteiger partial charge in [-0.2, -0.15) is 0 Å². The predicted molar refractivity (Wildman–Crippen MR) is 165 cm³/mol. The third-order valence-electron chi connectivity index (χ3n) is 9.27. The minimum Gasteiger partial charge on any atom is -0.396 e. The van der Waals surface area contributed by atoms with Gasteiger partial charge < -0.3 is 29.4 Å². The van der Waals surface area contributed by atoms with E-state index in [1.807, 2.05) is 24.3 Å². The molecular weight excluding hydrogens is 532 g/mol. The van der Waals surface area contributed by atoms with E-state index in [1.165, 1.54) is 0 Å². The van der Waals surface area contributed by atoms with E-state index < -0.39 is 23.5 Å². The molecule has 3 heterocycles. The first-order valence-corrected chi connectivity index (χ1v) is 15.5. The Morgan fingerprint density at radius 1 is 1.02 bits per heavy atom. The second-order valence-electron chi connectivity index (χ2n) is 11.7. The number of hydrogen-bond acceptors (Lipinski definition) is 6. The summed E-state index contributed by atoms with van der Waals surface area (Å²) in [5.74, 6) is -1.82. The van der Waals surface area contributed by atoms with Gasteiger partial charge in [0, 0.05) is 57.8 Å². The van der Waals surface area contributed by atoms with Gasteiger partial charge in [0.25, 0.3) is 5.91 Å². The zero-order valence-corrected chi connectivity index (χ0v) is 25.5. The molecule has 9 heteroatoms. The normalized spacial score (nSPS) is 25.8. The van der Waals surface area contributed by atoms with Crippen LogP contribution in [0.25, 0.3) is 0 Å². The fourth-order valence-electron chi connectivity index (χ4n) is 7.27. The van der Waals surface area contributed by atoms with Crippen molar-refractivity contribution < 1.29 is 24.2 Å². The van der Waals surface area contributed by atoms with Crippen LogP contribution in [0.4, 0.5) is 11.4 Å². The van der Waals surface area contributed by atoms with Crippen molar-refractivity contribution in [3.63, 3.8) is 0 Å². The molecule has 0 radical (unpaired) electrons. The molecule has 0 aromatic heterocycles. The van der Waals surface area contributed by atoms with Crippen LogP contribution in [-0.4, -0.2) is 96.8 Å². The van der Waals surface area contributed by atoms with Gasteiger partial charge in [0.1, 0.15) is 11.6 Å². The van der Waals surface area contributed by atoms with Crippen LogP contribution in [-0.2, 0) is 19.1 Å². The van der Waals surface area contributed by atoms with Crippen LogP contribution >= 0.6 is 0 Å². The van der Waals surface area contributed by atoms with E-state index in [-0.39, 0.29) is 37.0 Å². The zero-order chi connectivity index (χ0) is 30.4. The van der Waals surface area contributed by atoms with Crippen molar-refractivity contribution in [2.75, 3.05) is 56.2 Å². The highest BCUT2D eigenvalue weighted by Gasteiger charge is 2.74. The lowest BCUT2D eigenvalue weighted by Crippen LogP contribution is -2.56. The zero-order valence-electron chi connectivity index (χ0n) is 25.5. The number of fused-ring (bicyclic) bond motifs is 1. The molecule has 3 aliphatic rings. The van der Waals surface area contributed by atoms with Crippen LogP contribution in [0.1, 0.15) is 52.4 Å². The summed E-state index contributed by atoms with van der Waals surface area (Å²) in [6, 6.07) is 7.11. The average molecular weight is 581 g/mol. The first-order chi connectivity index (χ1) is 20.3. The number of anilines is 2. The number of likely N-dealkylation sites (N-methyl/N-ethyl adjacent to an activating group) is 1. The number of hydrogen-bond donors (Lipinski definition) is 1. The van der Waals surface area contributed by atoms with Gasteiger partial charge in [0.15, 0.2) is 0 Å². The van der Waals surface area contributed by atoms with E-state index >= 15 is 0 Å². The van der Waals surface area contributed by atoms with Crippen molar-refractivity contribution in [1.82, 2.24) is 9.80 Å². The minimum absolute atomic E-state index is 0.134. The highest BCUT2D eigenvalue weighted by Crippen LogP contribution is 2.59. The number of carbonyl (C=O) groups excluding carboxylic acids is 3. The van der Waals surface area contributed by atoms with Crippen LogP contribution in [0.5, 0.6) is 0 Å². The van der Waals surface area contributed by atoms with Gasteiger partial charge in [-0.15, -0.1) is 13.2 Å². The molecule has 230 valence electrons. The highest BCUT2D eigenvalue weighted by atomic mass is 16.5. The van der Waals surface area contributed by atoms with E-state index in [0.29, 0.717) is 38.8 Å². The number of benzene rings is 1. The molecule has 9 nitrogen and oxygen atoms in total. The summed E-state index contributed by atoms with van der Waals surface area (Å²) in [7, 11) is 1.72. The Kier molecular flexibility index (Phi) is 10.5. The summed E-state index contributed by atoms with van der Waals surface area (Å²) < 4.78 is 6.62. The van der Waals surface area contributed by atoms with Gasteiger partial charge in [-0.1, -0.05) is 25.0 Å². The second kappa shape index (κ2) is 13.9. The van der Waals surface area contributed by atoms with E-state index in [1.54, 1.807) is 33.9 Å². The van der Waals surface area contributed by atoms with E-state index in [9.17, 15) is 19.5 Å². The fraction of sp³-hybridized carbons (Fsp3) is 0.606. The van der Waals surface area contributed by atoms with Crippen molar-refractivity contribution in [3.8, 4) is 0 Å². The molecule has 0 saturated carbocycles. The van der Waals surface area contributed by atoms with Crippen molar-refractivity contribution in [3.05, 3.63) is 49.6 Å². The maximum absolute atomic E-state index is 14.6. The van der Waals surface area contributed by atoms with E-state index in [0.717, 1.165) is 37.3 Å². The Balaban J connectivity index is 1.69. The number of ether oxygens (including phenoxy) is 1. The SMILES string of the molecule is C=CCN(C)C(=O)[C@@H]1[C@@H]2CCC3(O2)C(C(=O)N(CC=C)c2ccc(N(CC)CC)cc2)N(CCCCCCO)C(=O)[C@H]13. The van der Waals surface area contributed by atoms with E-state index in [2.05, 4.69) is 31.9 Å². The lowest BCUT2D eigenvalue weighted by Gasteiger charge is -2.37. The molecule has 3 fully saturated rings. The molecule has 3 saturated heterocycles. The Bertz CT molecular complexity index is 1140. The number of nitrogens with zero attached hydrogens (tertiary/aromatic N) is 4. The summed E-state index contributed by atoms with van der Waals surface area (Å²) in [6.07, 6.45) is 7.26. The van der Waals surface area contributed by atoms with Gasteiger partial charge in [0.05, 0.1) is 17.9 Å². The standard InChI is InChI=1S/C33H48N4O5/c1-6-20-34(5)30(39)27-26-18-19-33(42-26)28(27)31(40)37(22-12-10-11-13-23-38)29(33)32(41)36(21-7-2)25-16-14-24(15-17-25)35(8-3)9-4/h6-7,14-17,26-29,38H,1-2,8-13,18-23H2,3-5H3/t26-,27+,28-,29?,33?/m0/s1. The Morgan fingerprint density at radius 3 is 2.29 bits per heavy atom. The lowest BCUT2D eigenvalue weighted by atomic mass is 9.70. The number of carbonyl (C=O) groups is 3. The monoisotopic (exact) mass is 580 g/mol. The number of aliphatic hydroxyl groups excluding tert-OH is 1. The maximum Gasteiger partial charge on any atom is 0.253 e. The lowest BCUT2D eigenvalue weighted by molar-refractivity contribution is -0.144. The summed E-state index contributed by atoms with van der Waals surface area (Å²) >= 11 is 0. The molecule has 1 spiro atoms. The molecule has 0 aliphatic carbocycles. The molecule has 4 rings (SSSR count). The Hall–Kier alpha value is -3.17. The van der Waals surface area contributed by atoms with Gasteiger partial charge in [-0.3, -0.25) is 14.4 Å². The number of amides is 3. The van der Waals surface area contributed by atoms with E-state index in [4.69, 9.17) is 4.74 Å².